The third-order valence-corrected chi connectivity index (χ3v) is 6.94. The molecule has 182 valence electrons. The molecule has 0 spiro atoms. The number of nitrogens with one attached hydrogen (secondary N) is 1. The molecule has 0 aliphatic heterocycles. The zero-order valence-corrected chi connectivity index (χ0v) is 20.7. The molecule has 1 atom stereocenters. The Morgan fingerprint density at radius 1 is 0.875 bits per heavy atom. The second-order valence-corrected chi connectivity index (χ2v) is 10.1. The van der Waals surface area contributed by atoms with E-state index in [9.17, 15) is 8.42 Å². The average Bonchev–Trinajstić information content (AvgIpc) is 3.29. The van der Waals surface area contributed by atoms with Crippen LogP contribution in [0.1, 0.15) is 96.8 Å². The van der Waals surface area contributed by atoms with Crippen molar-refractivity contribution >= 4 is 16.0 Å². The molecule has 0 fully saturated rings. The Balaban J connectivity index is 1.37. The van der Waals surface area contributed by atoms with E-state index in [-0.39, 0.29) is 6.61 Å². The highest BCUT2D eigenvalue weighted by atomic mass is 32.2. The third kappa shape index (κ3) is 12.5. The van der Waals surface area contributed by atoms with Gasteiger partial charge < -0.3 is 4.74 Å². The summed E-state index contributed by atoms with van der Waals surface area (Å²) in [6.45, 7) is 2.71. The maximum absolute atomic E-state index is 12.0. The number of ether oxygens (including phenoxy) is 1. The van der Waals surface area contributed by atoms with E-state index in [1.807, 2.05) is 6.92 Å². The molecule has 0 saturated carbocycles. The summed E-state index contributed by atoms with van der Waals surface area (Å²) in [5.74, 6) is 1.58. The average molecular weight is 466 g/mol. The molecule has 5 nitrogen and oxygen atoms in total. The van der Waals surface area contributed by atoms with Gasteiger partial charge in [0, 0.05) is 0 Å². The van der Waals surface area contributed by atoms with Crippen molar-refractivity contribution in [3.8, 4) is 5.75 Å². The van der Waals surface area contributed by atoms with Crippen molar-refractivity contribution < 1.29 is 17.3 Å². The van der Waals surface area contributed by atoms with Crippen LogP contribution in [0.4, 0.5) is 5.69 Å². The lowest BCUT2D eigenvalue weighted by Crippen LogP contribution is -2.16. The molecule has 1 aliphatic carbocycles. The SMILES string of the molecule is CCOc1ccc(NS(=O)(=O)OCCCCCCCCCCCCC[C@@H]2C=CCC2)cc1. The standard InChI is InChI=1S/C26H43NO4S/c1-2-30-26-21-19-25(20-22-26)27-32(28,29)31-23-15-11-9-7-5-3-4-6-8-10-12-16-24-17-13-14-18-24/h13,17,19-22,24,27H,2-12,14-16,18,23H2,1H3/t24-/m1/s1. The summed E-state index contributed by atoms with van der Waals surface area (Å²) < 4.78 is 36.9. The Labute approximate surface area is 196 Å². The first-order valence-electron chi connectivity index (χ1n) is 12.7. The third-order valence-electron chi connectivity index (χ3n) is 5.98. The van der Waals surface area contributed by atoms with Gasteiger partial charge in [-0.3, -0.25) is 8.91 Å². The molecule has 0 unspecified atom stereocenters. The van der Waals surface area contributed by atoms with Gasteiger partial charge in [0.05, 0.1) is 18.9 Å². The number of benzene rings is 1. The van der Waals surface area contributed by atoms with Gasteiger partial charge >= 0.3 is 10.3 Å². The first-order valence-corrected chi connectivity index (χ1v) is 14.1. The molecule has 32 heavy (non-hydrogen) atoms. The van der Waals surface area contributed by atoms with Crippen molar-refractivity contribution in [3.05, 3.63) is 36.4 Å². The van der Waals surface area contributed by atoms with Gasteiger partial charge in [0.2, 0.25) is 0 Å². The number of hydrogen-bond donors (Lipinski definition) is 1. The van der Waals surface area contributed by atoms with Crippen molar-refractivity contribution in [2.75, 3.05) is 17.9 Å². The summed E-state index contributed by atoms with van der Waals surface area (Å²) >= 11 is 0. The van der Waals surface area contributed by atoms with E-state index in [2.05, 4.69) is 16.9 Å². The Bertz CT molecular complexity index is 731. The lowest BCUT2D eigenvalue weighted by molar-refractivity contribution is 0.309. The van der Waals surface area contributed by atoms with Crippen LogP contribution in [-0.2, 0) is 14.5 Å². The molecule has 0 bridgehead atoms. The number of unbranched alkanes of at least 4 members (excludes halogenated alkanes) is 10. The lowest BCUT2D eigenvalue weighted by atomic mass is 9.99. The van der Waals surface area contributed by atoms with E-state index in [4.69, 9.17) is 8.92 Å². The van der Waals surface area contributed by atoms with Crippen LogP contribution >= 0.6 is 0 Å². The highest BCUT2D eigenvalue weighted by molar-refractivity contribution is 7.88. The normalized spacial score (nSPS) is 15.8. The number of anilines is 1. The summed E-state index contributed by atoms with van der Waals surface area (Å²) in [4.78, 5) is 0. The quantitative estimate of drug-likeness (QED) is 0.171. The van der Waals surface area contributed by atoms with Gasteiger partial charge in [0.25, 0.3) is 0 Å². The molecule has 1 aromatic carbocycles. The fraction of sp³-hybridized carbons (Fsp3) is 0.692. The topological polar surface area (TPSA) is 64.6 Å². The fourth-order valence-electron chi connectivity index (χ4n) is 4.16. The van der Waals surface area contributed by atoms with E-state index in [0.717, 1.165) is 25.2 Å². The van der Waals surface area contributed by atoms with Crippen molar-refractivity contribution in [1.82, 2.24) is 0 Å². The summed E-state index contributed by atoms with van der Waals surface area (Å²) in [5, 5.41) is 0. The van der Waals surface area contributed by atoms with Crippen LogP contribution in [-0.4, -0.2) is 21.6 Å². The molecule has 0 saturated heterocycles. The molecule has 6 heteroatoms. The predicted molar refractivity (Wildman–Crippen MR) is 133 cm³/mol. The van der Waals surface area contributed by atoms with Crippen LogP contribution in [0, 0.1) is 5.92 Å². The minimum atomic E-state index is -3.77. The van der Waals surface area contributed by atoms with Crippen LogP contribution in [0.2, 0.25) is 0 Å². The molecule has 0 amide bonds. The summed E-state index contributed by atoms with van der Waals surface area (Å²) in [6, 6.07) is 6.80. The first kappa shape index (κ1) is 26.7. The smallest absolute Gasteiger partial charge is 0.359 e. The van der Waals surface area contributed by atoms with E-state index in [1.165, 1.54) is 70.6 Å². The van der Waals surface area contributed by atoms with E-state index >= 15 is 0 Å². The molecule has 1 N–H and O–H groups in total. The molecule has 0 radical (unpaired) electrons. The predicted octanol–water partition coefficient (Wildman–Crippen LogP) is 7.41. The Morgan fingerprint density at radius 3 is 2.03 bits per heavy atom. The van der Waals surface area contributed by atoms with Gasteiger partial charge in [-0.15, -0.1) is 0 Å². The molecular weight excluding hydrogens is 422 g/mol. The zero-order valence-electron chi connectivity index (χ0n) is 19.9. The Morgan fingerprint density at radius 2 is 1.47 bits per heavy atom. The number of allylic oxidation sites excluding steroid dienone is 2. The monoisotopic (exact) mass is 465 g/mol. The Hall–Kier alpha value is -1.53. The molecule has 2 rings (SSSR count). The fourth-order valence-corrected chi connectivity index (χ4v) is 4.98. The van der Waals surface area contributed by atoms with Crippen molar-refractivity contribution in [2.24, 2.45) is 5.92 Å². The van der Waals surface area contributed by atoms with Gasteiger partial charge in [-0.25, -0.2) is 0 Å². The minimum absolute atomic E-state index is 0.225. The van der Waals surface area contributed by atoms with Gasteiger partial charge in [0.15, 0.2) is 0 Å². The number of hydrogen-bond acceptors (Lipinski definition) is 4. The van der Waals surface area contributed by atoms with Gasteiger partial charge in [-0.05, 0) is 62.8 Å². The molecule has 1 aliphatic rings. The van der Waals surface area contributed by atoms with Crippen molar-refractivity contribution in [3.63, 3.8) is 0 Å². The molecule has 1 aromatic rings. The largest absolute Gasteiger partial charge is 0.494 e. The molecular formula is C26H43NO4S. The first-order chi connectivity index (χ1) is 15.6. The van der Waals surface area contributed by atoms with Crippen molar-refractivity contribution in [1.29, 1.82) is 0 Å². The number of rotatable bonds is 19. The van der Waals surface area contributed by atoms with Crippen LogP contribution < -0.4 is 9.46 Å². The lowest BCUT2D eigenvalue weighted by Gasteiger charge is -2.09. The highest BCUT2D eigenvalue weighted by Gasteiger charge is 2.11. The summed E-state index contributed by atoms with van der Waals surface area (Å²) in [6.07, 6.45) is 22.4. The molecule has 0 aromatic heterocycles. The molecule has 0 heterocycles. The van der Waals surface area contributed by atoms with Gasteiger partial charge in [-0.1, -0.05) is 76.4 Å². The van der Waals surface area contributed by atoms with Crippen molar-refractivity contribution in [2.45, 2.75) is 96.8 Å². The second-order valence-electron chi connectivity index (χ2n) is 8.78. The van der Waals surface area contributed by atoms with Crippen LogP contribution in [0.3, 0.4) is 0 Å². The zero-order chi connectivity index (χ0) is 22.9. The summed E-state index contributed by atoms with van der Waals surface area (Å²) in [5.41, 5.74) is 0.472. The van der Waals surface area contributed by atoms with Crippen LogP contribution in [0.25, 0.3) is 0 Å². The highest BCUT2D eigenvalue weighted by Crippen LogP contribution is 2.23. The van der Waals surface area contributed by atoms with Gasteiger partial charge in [-0.2, -0.15) is 8.42 Å². The van der Waals surface area contributed by atoms with Gasteiger partial charge in [0.1, 0.15) is 5.75 Å². The van der Waals surface area contributed by atoms with Crippen LogP contribution in [0.5, 0.6) is 5.75 Å². The maximum Gasteiger partial charge on any atom is 0.359 e. The Kier molecular flexibility index (Phi) is 13.5. The van der Waals surface area contributed by atoms with E-state index in [1.54, 1.807) is 24.3 Å². The maximum atomic E-state index is 12.0. The minimum Gasteiger partial charge on any atom is -0.494 e. The second kappa shape index (κ2) is 16.1. The summed E-state index contributed by atoms with van der Waals surface area (Å²) in [7, 11) is -3.77. The van der Waals surface area contributed by atoms with Crippen LogP contribution in [0.15, 0.2) is 36.4 Å². The van der Waals surface area contributed by atoms with E-state index < -0.39 is 10.3 Å². The van der Waals surface area contributed by atoms with E-state index in [0.29, 0.717) is 18.0 Å².